The van der Waals surface area contributed by atoms with E-state index in [1.165, 1.54) is 0 Å². The quantitative estimate of drug-likeness (QED) is 0.858. The van der Waals surface area contributed by atoms with Crippen molar-refractivity contribution in [2.45, 2.75) is 32.7 Å². The first-order chi connectivity index (χ1) is 10.1. The summed E-state index contributed by atoms with van der Waals surface area (Å²) in [5.41, 5.74) is 2.00. The number of nitrogens with zero attached hydrogens (tertiary/aromatic N) is 1. The Hall–Kier alpha value is -2.30. The second kappa shape index (κ2) is 6.92. The van der Waals surface area contributed by atoms with E-state index in [-0.39, 0.29) is 11.9 Å². The Morgan fingerprint density at radius 2 is 2.29 bits per heavy atom. The number of aryl methyl sites for hydroxylation is 1. The second-order valence-corrected chi connectivity index (χ2v) is 4.99. The number of amides is 1. The maximum atomic E-state index is 12.2. The molecule has 1 unspecified atom stereocenters. The Kier molecular flexibility index (Phi) is 4.98. The third-order valence-electron chi connectivity index (χ3n) is 3.38. The van der Waals surface area contributed by atoms with E-state index in [4.69, 9.17) is 4.74 Å². The number of aromatic amines is 1. The number of benzene rings is 1. The summed E-state index contributed by atoms with van der Waals surface area (Å²) in [6.07, 6.45) is 4.52. The van der Waals surface area contributed by atoms with Crippen molar-refractivity contribution in [1.29, 1.82) is 0 Å². The van der Waals surface area contributed by atoms with E-state index >= 15 is 0 Å². The van der Waals surface area contributed by atoms with Crippen LogP contribution in [0.1, 0.15) is 36.3 Å². The smallest absolute Gasteiger partial charge is 0.225 e. The molecule has 2 rings (SSSR count). The van der Waals surface area contributed by atoms with Crippen molar-refractivity contribution in [2.24, 2.45) is 0 Å². The average molecular weight is 287 g/mol. The summed E-state index contributed by atoms with van der Waals surface area (Å²) in [6, 6.07) is 5.75. The lowest BCUT2D eigenvalue weighted by Crippen LogP contribution is -2.30. The normalized spacial score (nSPS) is 12.0. The van der Waals surface area contributed by atoms with Crippen LogP contribution in [0.4, 0.5) is 0 Å². The molecule has 0 bridgehead atoms. The van der Waals surface area contributed by atoms with Gasteiger partial charge in [0.1, 0.15) is 11.6 Å². The fourth-order valence-electron chi connectivity index (χ4n) is 2.30. The number of carbonyl (C=O) groups is 1. The van der Waals surface area contributed by atoms with Crippen molar-refractivity contribution >= 4 is 5.91 Å². The number of hydrogen-bond donors (Lipinski definition) is 2. The van der Waals surface area contributed by atoms with Gasteiger partial charge in [-0.3, -0.25) is 4.79 Å². The SMILES string of the molecule is CCC(NC(=O)Cc1cc(C)ccc1OC)c1ncc[nH]1. The largest absolute Gasteiger partial charge is 0.496 e. The highest BCUT2D eigenvalue weighted by molar-refractivity contribution is 5.79. The fraction of sp³-hybridized carbons (Fsp3) is 0.375. The Labute approximate surface area is 124 Å². The predicted octanol–water partition coefficient (Wildman–Crippen LogP) is 2.54. The van der Waals surface area contributed by atoms with E-state index in [0.29, 0.717) is 6.42 Å². The van der Waals surface area contributed by atoms with Crippen LogP contribution in [0, 0.1) is 6.92 Å². The first-order valence-corrected chi connectivity index (χ1v) is 7.06. The van der Waals surface area contributed by atoms with Crippen LogP contribution in [0.3, 0.4) is 0 Å². The molecule has 112 valence electrons. The molecule has 1 aromatic heterocycles. The Morgan fingerprint density at radius 1 is 1.48 bits per heavy atom. The van der Waals surface area contributed by atoms with Crippen molar-refractivity contribution in [1.82, 2.24) is 15.3 Å². The van der Waals surface area contributed by atoms with Gasteiger partial charge in [0.25, 0.3) is 0 Å². The molecule has 1 atom stereocenters. The van der Waals surface area contributed by atoms with Crippen molar-refractivity contribution in [3.8, 4) is 5.75 Å². The fourth-order valence-corrected chi connectivity index (χ4v) is 2.30. The van der Waals surface area contributed by atoms with Crippen LogP contribution >= 0.6 is 0 Å². The number of imidazole rings is 1. The number of hydrogen-bond acceptors (Lipinski definition) is 3. The first kappa shape index (κ1) is 15.1. The van der Waals surface area contributed by atoms with Gasteiger partial charge in [0.15, 0.2) is 0 Å². The van der Waals surface area contributed by atoms with Gasteiger partial charge < -0.3 is 15.0 Å². The Balaban J connectivity index is 2.06. The number of rotatable bonds is 6. The van der Waals surface area contributed by atoms with Gasteiger partial charge in [-0.25, -0.2) is 4.98 Å². The maximum absolute atomic E-state index is 12.2. The number of carbonyl (C=O) groups excluding carboxylic acids is 1. The maximum Gasteiger partial charge on any atom is 0.225 e. The summed E-state index contributed by atoms with van der Waals surface area (Å²) in [5, 5.41) is 3.00. The molecular formula is C16H21N3O2. The molecule has 0 radical (unpaired) electrons. The van der Waals surface area contributed by atoms with Gasteiger partial charge in [0.05, 0.1) is 19.6 Å². The van der Waals surface area contributed by atoms with Gasteiger partial charge in [-0.1, -0.05) is 24.6 Å². The monoisotopic (exact) mass is 287 g/mol. The molecule has 1 aromatic carbocycles. The lowest BCUT2D eigenvalue weighted by atomic mass is 10.1. The molecule has 0 aliphatic carbocycles. The van der Waals surface area contributed by atoms with Gasteiger partial charge >= 0.3 is 0 Å². The van der Waals surface area contributed by atoms with E-state index in [1.54, 1.807) is 19.5 Å². The molecule has 21 heavy (non-hydrogen) atoms. The topological polar surface area (TPSA) is 67.0 Å². The molecule has 5 heteroatoms. The molecule has 1 heterocycles. The minimum absolute atomic E-state index is 0.0397. The molecule has 0 aliphatic heterocycles. The van der Waals surface area contributed by atoms with E-state index in [1.807, 2.05) is 32.0 Å². The van der Waals surface area contributed by atoms with Crippen molar-refractivity contribution in [3.05, 3.63) is 47.5 Å². The van der Waals surface area contributed by atoms with Gasteiger partial charge in [-0.2, -0.15) is 0 Å². The second-order valence-electron chi connectivity index (χ2n) is 4.99. The van der Waals surface area contributed by atoms with Gasteiger partial charge in [0, 0.05) is 18.0 Å². The summed E-state index contributed by atoms with van der Waals surface area (Å²) in [6.45, 7) is 4.01. The molecule has 2 N–H and O–H groups in total. The summed E-state index contributed by atoms with van der Waals surface area (Å²) in [4.78, 5) is 19.5. The zero-order valence-corrected chi connectivity index (χ0v) is 12.6. The Morgan fingerprint density at radius 3 is 2.90 bits per heavy atom. The minimum Gasteiger partial charge on any atom is -0.496 e. The highest BCUT2D eigenvalue weighted by Crippen LogP contribution is 2.20. The van der Waals surface area contributed by atoms with Crippen LogP contribution in [0.2, 0.25) is 0 Å². The zero-order valence-electron chi connectivity index (χ0n) is 12.6. The summed E-state index contributed by atoms with van der Waals surface area (Å²) >= 11 is 0. The molecule has 0 saturated carbocycles. The average Bonchev–Trinajstić information content (AvgIpc) is 2.99. The zero-order chi connectivity index (χ0) is 15.2. The van der Waals surface area contributed by atoms with Crippen LogP contribution in [-0.2, 0) is 11.2 Å². The third kappa shape index (κ3) is 3.84. The minimum atomic E-state index is -0.0942. The standard InChI is InChI=1S/C16H21N3O2/c1-4-13(16-17-7-8-18-16)19-15(20)10-12-9-11(2)5-6-14(12)21-3/h5-9,13H,4,10H2,1-3H3,(H,17,18)(H,19,20). The summed E-state index contributed by atoms with van der Waals surface area (Å²) < 4.78 is 5.31. The molecular weight excluding hydrogens is 266 g/mol. The Bertz CT molecular complexity index is 594. The third-order valence-corrected chi connectivity index (χ3v) is 3.38. The van der Waals surface area contributed by atoms with Crippen LogP contribution in [0.15, 0.2) is 30.6 Å². The van der Waals surface area contributed by atoms with Crippen LogP contribution in [0.25, 0.3) is 0 Å². The number of ether oxygens (including phenoxy) is 1. The van der Waals surface area contributed by atoms with Crippen molar-refractivity contribution in [3.63, 3.8) is 0 Å². The van der Waals surface area contributed by atoms with Crippen molar-refractivity contribution < 1.29 is 9.53 Å². The number of aromatic nitrogens is 2. The molecule has 5 nitrogen and oxygen atoms in total. The predicted molar refractivity (Wildman–Crippen MR) is 81.2 cm³/mol. The van der Waals surface area contributed by atoms with Crippen LogP contribution in [-0.4, -0.2) is 23.0 Å². The van der Waals surface area contributed by atoms with Gasteiger partial charge in [-0.15, -0.1) is 0 Å². The van der Waals surface area contributed by atoms with Crippen LogP contribution in [0.5, 0.6) is 5.75 Å². The summed E-state index contributed by atoms with van der Waals surface area (Å²) in [5.74, 6) is 1.48. The molecule has 0 spiro atoms. The van der Waals surface area contributed by atoms with E-state index in [9.17, 15) is 4.79 Å². The highest BCUT2D eigenvalue weighted by atomic mass is 16.5. The lowest BCUT2D eigenvalue weighted by molar-refractivity contribution is -0.121. The summed E-state index contributed by atoms with van der Waals surface area (Å²) in [7, 11) is 1.61. The number of methoxy groups -OCH3 is 1. The van der Waals surface area contributed by atoms with E-state index in [2.05, 4.69) is 15.3 Å². The molecule has 0 saturated heterocycles. The van der Waals surface area contributed by atoms with Crippen molar-refractivity contribution in [2.75, 3.05) is 7.11 Å². The van der Waals surface area contributed by atoms with Crippen LogP contribution < -0.4 is 10.1 Å². The van der Waals surface area contributed by atoms with Gasteiger partial charge in [-0.05, 0) is 19.4 Å². The molecule has 2 aromatic rings. The highest BCUT2D eigenvalue weighted by Gasteiger charge is 2.16. The molecule has 1 amide bonds. The molecule has 0 aliphatic rings. The lowest BCUT2D eigenvalue weighted by Gasteiger charge is -2.15. The van der Waals surface area contributed by atoms with Gasteiger partial charge in [0.2, 0.25) is 5.91 Å². The first-order valence-electron chi connectivity index (χ1n) is 7.06. The van der Waals surface area contributed by atoms with E-state index < -0.39 is 0 Å². The number of nitrogens with one attached hydrogen (secondary N) is 2. The number of H-pyrrole nitrogens is 1. The molecule has 0 fully saturated rings. The van der Waals surface area contributed by atoms with E-state index in [0.717, 1.165) is 29.1 Å².